The van der Waals surface area contributed by atoms with Crippen LogP contribution in [0.2, 0.25) is 0 Å². The van der Waals surface area contributed by atoms with Gasteiger partial charge in [0.05, 0.1) is 18.8 Å². The van der Waals surface area contributed by atoms with Gasteiger partial charge in [-0.2, -0.15) is 5.26 Å². The predicted molar refractivity (Wildman–Crippen MR) is 60.3 cm³/mol. The van der Waals surface area contributed by atoms with Crippen LogP contribution in [0.4, 0.5) is 0 Å². The zero-order valence-corrected chi connectivity index (χ0v) is 9.40. The quantitative estimate of drug-likeness (QED) is 0.780. The van der Waals surface area contributed by atoms with E-state index >= 15 is 0 Å². The van der Waals surface area contributed by atoms with Crippen LogP contribution >= 0.6 is 0 Å². The van der Waals surface area contributed by atoms with E-state index < -0.39 is 0 Å². The molecule has 1 heterocycles. The van der Waals surface area contributed by atoms with Crippen LogP contribution in [0, 0.1) is 24.2 Å². The maximum absolute atomic E-state index is 8.95. The van der Waals surface area contributed by atoms with E-state index in [-0.39, 0.29) is 0 Å². The largest absolute Gasteiger partial charge is 0.492 e. The van der Waals surface area contributed by atoms with Crippen molar-refractivity contribution < 1.29 is 9.47 Å². The molecule has 0 radical (unpaired) electrons. The summed E-state index contributed by atoms with van der Waals surface area (Å²) >= 11 is 0. The zero-order chi connectivity index (χ0) is 11.4. The first kappa shape index (κ1) is 11.0. The minimum absolute atomic E-state index is 0.465. The predicted octanol–water partition coefficient (Wildman–Crippen LogP) is 2.28. The molecule has 1 atom stereocenters. The number of hydrogen-bond acceptors (Lipinski definition) is 3. The Morgan fingerprint density at radius 1 is 1.56 bits per heavy atom. The fourth-order valence-electron chi connectivity index (χ4n) is 1.76. The van der Waals surface area contributed by atoms with Crippen molar-refractivity contribution in [3.8, 4) is 11.8 Å². The molecule has 0 N–H and O–H groups in total. The summed E-state index contributed by atoms with van der Waals surface area (Å²) < 4.78 is 11.0. The molecule has 1 aromatic rings. The monoisotopic (exact) mass is 217 g/mol. The lowest BCUT2D eigenvalue weighted by Crippen LogP contribution is -2.12. The average Bonchev–Trinajstić information content (AvgIpc) is 2.79. The highest BCUT2D eigenvalue weighted by Gasteiger charge is 2.16. The molecule has 16 heavy (non-hydrogen) atoms. The average molecular weight is 217 g/mol. The van der Waals surface area contributed by atoms with Gasteiger partial charge in [0, 0.05) is 12.5 Å². The van der Waals surface area contributed by atoms with Gasteiger partial charge < -0.3 is 9.47 Å². The van der Waals surface area contributed by atoms with Gasteiger partial charge in [0.2, 0.25) is 0 Å². The third kappa shape index (κ3) is 2.53. The van der Waals surface area contributed by atoms with Crippen LogP contribution in [0.5, 0.6) is 5.75 Å². The maximum atomic E-state index is 8.95. The molecule has 1 fully saturated rings. The molecule has 0 saturated carbocycles. The minimum atomic E-state index is 0.465. The molecule has 84 valence electrons. The van der Waals surface area contributed by atoms with E-state index in [2.05, 4.69) is 6.07 Å². The Morgan fingerprint density at radius 2 is 2.44 bits per heavy atom. The van der Waals surface area contributed by atoms with Crippen molar-refractivity contribution in [3.63, 3.8) is 0 Å². The lowest BCUT2D eigenvalue weighted by atomic mass is 10.1. The summed E-state index contributed by atoms with van der Waals surface area (Å²) in [5.74, 6) is 1.15. The van der Waals surface area contributed by atoms with Gasteiger partial charge >= 0.3 is 0 Å². The summed E-state index contributed by atoms with van der Waals surface area (Å²) in [7, 11) is 0. The van der Waals surface area contributed by atoms with Gasteiger partial charge in [0.1, 0.15) is 11.8 Å². The summed E-state index contributed by atoms with van der Waals surface area (Å²) in [6.07, 6.45) is 1.05. The van der Waals surface area contributed by atoms with Crippen molar-refractivity contribution >= 4 is 0 Å². The smallest absolute Gasteiger partial charge is 0.137 e. The second-order valence-corrected chi connectivity index (χ2v) is 4.15. The SMILES string of the molecule is Cc1ccc(C#N)c(OCC2CCOC2)c1. The van der Waals surface area contributed by atoms with E-state index in [1.54, 1.807) is 6.07 Å². The first-order valence-corrected chi connectivity index (χ1v) is 5.51. The normalized spacial score (nSPS) is 19.4. The van der Waals surface area contributed by atoms with Crippen LogP contribution < -0.4 is 4.74 Å². The number of rotatable bonds is 3. The Morgan fingerprint density at radius 3 is 3.12 bits per heavy atom. The van der Waals surface area contributed by atoms with E-state index in [0.717, 1.165) is 25.2 Å². The second kappa shape index (κ2) is 5.00. The summed E-state index contributed by atoms with van der Waals surface area (Å²) in [5.41, 5.74) is 1.71. The van der Waals surface area contributed by atoms with Crippen molar-refractivity contribution in [2.45, 2.75) is 13.3 Å². The topological polar surface area (TPSA) is 42.2 Å². The number of benzene rings is 1. The molecule has 1 aliphatic heterocycles. The molecule has 0 spiro atoms. The highest BCUT2D eigenvalue weighted by atomic mass is 16.5. The number of aryl methyl sites for hydroxylation is 1. The van der Waals surface area contributed by atoms with Gasteiger partial charge in [-0.15, -0.1) is 0 Å². The van der Waals surface area contributed by atoms with Gasteiger partial charge in [-0.3, -0.25) is 0 Å². The van der Waals surface area contributed by atoms with Crippen LogP contribution in [-0.2, 0) is 4.74 Å². The van der Waals surface area contributed by atoms with Crippen molar-refractivity contribution in [1.29, 1.82) is 5.26 Å². The number of nitriles is 1. The molecular weight excluding hydrogens is 202 g/mol. The summed E-state index contributed by atoms with van der Waals surface area (Å²) in [4.78, 5) is 0. The standard InChI is InChI=1S/C13H15NO2/c1-10-2-3-12(7-14)13(6-10)16-9-11-4-5-15-8-11/h2-3,6,11H,4-5,8-9H2,1H3. The van der Waals surface area contributed by atoms with E-state index in [0.29, 0.717) is 23.8 Å². The van der Waals surface area contributed by atoms with Gasteiger partial charge in [-0.05, 0) is 31.0 Å². The Labute approximate surface area is 95.6 Å². The van der Waals surface area contributed by atoms with Gasteiger partial charge in [0.25, 0.3) is 0 Å². The van der Waals surface area contributed by atoms with Gasteiger partial charge in [0.15, 0.2) is 0 Å². The molecule has 0 aliphatic carbocycles. The third-order valence-electron chi connectivity index (χ3n) is 2.76. The van der Waals surface area contributed by atoms with Crippen molar-refractivity contribution in [3.05, 3.63) is 29.3 Å². The first-order chi connectivity index (χ1) is 7.79. The Hall–Kier alpha value is -1.53. The Bertz CT molecular complexity index is 403. The van der Waals surface area contributed by atoms with Crippen LogP contribution in [0.3, 0.4) is 0 Å². The molecule has 3 heteroatoms. The fraction of sp³-hybridized carbons (Fsp3) is 0.462. The number of ether oxygens (including phenoxy) is 2. The lowest BCUT2D eigenvalue weighted by Gasteiger charge is -2.11. The maximum Gasteiger partial charge on any atom is 0.137 e. The zero-order valence-electron chi connectivity index (χ0n) is 9.40. The lowest BCUT2D eigenvalue weighted by molar-refractivity contribution is 0.167. The molecule has 1 aromatic carbocycles. The molecule has 2 rings (SSSR count). The van der Waals surface area contributed by atoms with Gasteiger partial charge in [-0.1, -0.05) is 6.07 Å². The fourth-order valence-corrected chi connectivity index (χ4v) is 1.76. The Kier molecular flexibility index (Phi) is 3.43. The molecule has 0 amide bonds. The minimum Gasteiger partial charge on any atom is -0.492 e. The first-order valence-electron chi connectivity index (χ1n) is 5.51. The van der Waals surface area contributed by atoms with Crippen molar-refractivity contribution in [1.82, 2.24) is 0 Å². The van der Waals surface area contributed by atoms with Gasteiger partial charge in [-0.25, -0.2) is 0 Å². The highest BCUT2D eigenvalue weighted by Crippen LogP contribution is 2.21. The molecule has 3 nitrogen and oxygen atoms in total. The summed E-state index contributed by atoms with van der Waals surface area (Å²) in [6, 6.07) is 7.78. The van der Waals surface area contributed by atoms with Crippen LogP contribution in [-0.4, -0.2) is 19.8 Å². The van der Waals surface area contributed by atoms with E-state index in [1.165, 1.54) is 0 Å². The molecule has 1 saturated heterocycles. The van der Waals surface area contributed by atoms with E-state index in [1.807, 2.05) is 19.1 Å². The van der Waals surface area contributed by atoms with E-state index in [4.69, 9.17) is 14.7 Å². The third-order valence-corrected chi connectivity index (χ3v) is 2.76. The molecule has 0 bridgehead atoms. The summed E-state index contributed by atoms with van der Waals surface area (Å²) in [5, 5.41) is 8.95. The van der Waals surface area contributed by atoms with Crippen LogP contribution in [0.15, 0.2) is 18.2 Å². The molecule has 1 aliphatic rings. The van der Waals surface area contributed by atoms with Crippen LogP contribution in [0.1, 0.15) is 17.5 Å². The highest BCUT2D eigenvalue weighted by molar-refractivity contribution is 5.44. The Balaban J connectivity index is 2.02. The van der Waals surface area contributed by atoms with Crippen molar-refractivity contribution in [2.75, 3.05) is 19.8 Å². The van der Waals surface area contributed by atoms with Crippen molar-refractivity contribution in [2.24, 2.45) is 5.92 Å². The molecular formula is C13H15NO2. The molecule has 0 aromatic heterocycles. The van der Waals surface area contributed by atoms with E-state index in [9.17, 15) is 0 Å². The molecule has 1 unspecified atom stereocenters. The second-order valence-electron chi connectivity index (χ2n) is 4.15. The number of hydrogen-bond donors (Lipinski definition) is 0. The number of nitrogens with zero attached hydrogens (tertiary/aromatic N) is 1. The van der Waals surface area contributed by atoms with Crippen LogP contribution in [0.25, 0.3) is 0 Å². The summed E-state index contributed by atoms with van der Waals surface area (Å²) in [6.45, 7) is 4.23.